The molecule has 2 aromatic rings. The number of allylic oxidation sites excluding steroid dienone is 1. The van der Waals surface area contributed by atoms with Crippen LogP contribution in [0.15, 0.2) is 53.0 Å². The van der Waals surface area contributed by atoms with Crippen LogP contribution in [0.3, 0.4) is 0 Å². The minimum atomic E-state index is -0.116. The van der Waals surface area contributed by atoms with E-state index < -0.39 is 0 Å². The van der Waals surface area contributed by atoms with Gasteiger partial charge in [0.2, 0.25) is 0 Å². The van der Waals surface area contributed by atoms with Gasteiger partial charge in [0, 0.05) is 10.5 Å². The third-order valence-corrected chi connectivity index (χ3v) is 3.44. The molecule has 0 radical (unpaired) electrons. The second-order valence-electron chi connectivity index (χ2n) is 4.32. The largest absolute Gasteiger partial charge is 0.497 e. The highest BCUT2D eigenvalue weighted by Gasteiger charge is 2.10. The van der Waals surface area contributed by atoms with Crippen molar-refractivity contribution in [2.75, 3.05) is 14.2 Å². The summed E-state index contributed by atoms with van der Waals surface area (Å²) in [7, 11) is 3.10. The number of hydrogen-bond acceptors (Lipinski definition) is 3. The summed E-state index contributed by atoms with van der Waals surface area (Å²) in [6, 6.07) is 12.9. The molecule has 2 rings (SSSR count). The molecule has 0 heterocycles. The second-order valence-corrected chi connectivity index (χ2v) is 5.23. The van der Waals surface area contributed by atoms with E-state index in [1.807, 2.05) is 24.3 Å². The summed E-state index contributed by atoms with van der Waals surface area (Å²) >= 11 is 3.40. The Morgan fingerprint density at radius 1 is 1.10 bits per heavy atom. The average Bonchev–Trinajstić information content (AvgIpc) is 2.52. The van der Waals surface area contributed by atoms with E-state index in [1.54, 1.807) is 31.4 Å². The van der Waals surface area contributed by atoms with Crippen LogP contribution in [-0.4, -0.2) is 20.0 Å². The van der Waals surface area contributed by atoms with Gasteiger partial charge in [-0.2, -0.15) is 0 Å². The number of methoxy groups -OCH3 is 2. The van der Waals surface area contributed by atoms with E-state index in [4.69, 9.17) is 9.47 Å². The lowest BCUT2D eigenvalue weighted by molar-refractivity contribution is 0.104. The van der Waals surface area contributed by atoms with Gasteiger partial charge in [-0.05, 0) is 35.9 Å². The summed E-state index contributed by atoms with van der Waals surface area (Å²) in [5.74, 6) is 1.03. The van der Waals surface area contributed by atoms with Crippen molar-refractivity contribution in [1.29, 1.82) is 0 Å². The maximum Gasteiger partial charge on any atom is 0.189 e. The van der Waals surface area contributed by atoms with Gasteiger partial charge in [-0.15, -0.1) is 0 Å². The fraction of sp³-hybridized carbons (Fsp3) is 0.118. The van der Waals surface area contributed by atoms with Crippen molar-refractivity contribution in [3.8, 4) is 11.5 Å². The van der Waals surface area contributed by atoms with Gasteiger partial charge in [0.1, 0.15) is 11.5 Å². The number of ether oxygens (including phenoxy) is 2. The molecule has 0 unspecified atom stereocenters. The summed E-state index contributed by atoms with van der Waals surface area (Å²) < 4.78 is 11.3. The van der Waals surface area contributed by atoms with Crippen LogP contribution in [0.5, 0.6) is 11.5 Å². The van der Waals surface area contributed by atoms with Crippen LogP contribution in [-0.2, 0) is 0 Å². The average molecular weight is 347 g/mol. The molecule has 0 aliphatic heterocycles. The highest BCUT2D eigenvalue weighted by molar-refractivity contribution is 9.10. The Balaban J connectivity index is 2.24. The summed E-state index contributed by atoms with van der Waals surface area (Å²) in [6.07, 6.45) is 3.31. The Bertz CT molecular complexity index is 677. The number of carbonyl (C=O) groups is 1. The van der Waals surface area contributed by atoms with Gasteiger partial charge in [0.15, 0.2) is 5.78 Å². The number of halogens is 1. The molecule has 0 aromatic heterocycles. The molecule has 0 saturated carbocycles. The molecule has 3 nitrogen and oxygen atoms in total. The molecule has 0 amide bonds. The van der Waals surface area contributed by atoms with Crippen LogP contribution >= 0.6 is 15.9 Å². The summed E-state index contributed by atoms with van der Waals surface area (Å²) in [5, 5.41) is 0. The number of carbonyl (C=O) groups excluding carboxylic acids is 1. The summed E-state index contributed by atoms with van der Waals surface area (Å²) in [6.45, 7) is 0. The molecule has 108 valence electrons. The van der Waals surface area contributed by atoms with E-state index in [2.05, 4.69) is 15.9 Å². The highest BCUT2D eigenvalue weighted by atomic mass is 79.9. The smallest absolute Gasteiger partial charge is 0.189 e. The zero-order chi connectivity index (χ0) is 15.2. The first kappa shape index (κ1) is 15.3. The van der Waals surface area contributed by atoms with Crippen molar-refractivity contribution >= 4 is 27.8 Å². The van der Waals surface area contributed by atoms with E-state index in [0.717, 1.165) is 10.0 Å². The van der Waals surface area contributed by atoms with E-state index in [0.29, 0.717) is 17.1 Å². The van der Waals surface area contributed by atoms with Gasteiger partial charge in [0.25, 0.3) is 0 Å². The molecule has 0 aliphatic carbocycles. The third kappa shape index (κ3) is 3.95. The Kier molecular flexibility index (Phi) is 5.17. The number of hydrogen-bond donors (Lipinski definition) is 0. The number of ketones is 1. The Labute approximate surface area is 132 Å². The third-order valence-electron chi connectivity index (χ3n) is 2.95. The predicted molar refractivity (Wildman–Crippen MR) is 87.1 cm³/mol. The maximum atomic E-state index is 12.3. The predicted octanol–water partition coefficient (Wildman–Crippen LogP) is 4.36. The lowest BCUT2D eigenvalue weighted by Crippen LogP contribution is -1.99. The topological polar surface area (TPSA) is 35.5 Å². The first-order valence-corrected chi connectivity index (χ1v) is 7.13. The number of benzene rings is 2. The van der Waals surface area contributed by atoms with Crippen molar-refractivity contribution in [3.63, 3.8) is 0 Å². The van der Waals surface area contributed by atoms with Gasteiger partial charge < -0.3 is 9.47 Å². The molecule has 0 atom stereocenters. The van der Waals surface area contributed by atoms with Gasteiger partial charge >= 0.3 is 0 Å². The lowest BCUT2D eigenvalue weighted by atomic mass is 10.1. The van der Waals surface area contributed by atoms with E-state index in [-0.39, 0.29) is 5.78 Å². The fourth-order valence-electron chi connectivity index (χ4n) is 1.87. The van der Waals surface area contributed by atoms with Gasteiger partial charge in [-0.3, -0.25) is 4.79 Å². The van der Waals surface area contributed by atoms with Gasteiger partial charge in [0.05, 0.1) is 19.8 Å². The fourth-order valence-corrected chi connectivity index (χ4v) is 2.29. The molecule has 0 N–H and O–H groups in total. The first-order valence-electron chi connectivity index (χ1n) is 6.34. The van der Waals surface area contributed by atoms with Gasteiger partial charge in [-0.25, -0.2) is 0 Å². The maximum absolute atomic E-state index is 12.3. The number of rotatable bonds is 5. The van der Waals surface area contributed by atoms with Crippen LogP contribution < -0.4 is 9.47 Å². The van der Waals surface area contributed by atoms with E-state index in [9.17, 15) is 4.79 Å². The van der Waals surface area contributed by atoms with Crippen molar-refractivity contribution in [2.24, 2.45) is 0 Å². The Morgan fingerprint density at radius 2 is 1.90 bits per heavy atom. The van der Waals surface area contributed by atoms with Crippen molar-refractivity contribution in [3.05, 3.63) is 64.1 Å². The summed E-state index contributed by atoms with van der Waals surface area (Å²) in [5.41, 5.74) is 1.45. The van der Waals surface area contributed by atoms with Crippen LogP contribution in [0.2, 0.25) is 0 Å². The van der Waals surface area contributed by atoms with Crippen molar-refractivity contribution in [1.82, 2.24) is 0 Å². The molecule has 0 bridgehead atoms. The van der Waals surface area contributed by atoms with Crippen molar-refractivity contribution in [2.45, 2.75) is 0 Å². The Morgan fingerprint density at radius 3 is 2.57 bits per heavy atom. The zero-order valence-electron chi connectivity index (χ0n) is 11.8. The zero-order valence-corrected chi connectivity index (χ0v) is 13.4. The molecule has 4 heteroatoms. The molecule has 0 aliphatic rings. The molecular formula is C17H15BrO3. The standard InChI is InChI=1S/C17H15BrO3/c1-20-14-7-8-15(17(11-14)21-2)16(19)9-6-12-4-3-5-13(18)10-12/h3-11H,1-2H3/b9-6-. The molecule has 0 saturated heterocycles. The molecular weight excluding hydrogens is 332 g/mol. The van der Waals surface area contributed by atoms with Crippen LogP contribution in [0.1, 0.15) is 15.9 Å². The van der Waals surface area contributed by atoms with Crippen LogP contribution in [0.25, 0.3) is 6.08 Å². The highest BCUT2D eigenvalue weighted by Crippen LogP contribution is 2.25. The molecule has 0 spiro atoms. The second kappa shape index (κ2) is 7.09. The minimum Gasteiger partial charge on any atom is -0.497 e. The lowest BCUT2D eigenvalue weighted by Gasteiger charge is -2.07. The summed E-state index contributed by atoms with van der Waals surface area (Å²) in [4.78, 5) is 12.3. The molecule has 2 aromatic carbocycles. The van der Waals surface area contributed by atoms with Crippen LogP contribution in [0, 0.1) is 0 Å². The van der Waals surface area contributed by atoms with E-state index in [1.165, 1.54) is 13.2 Å². The van der Waals surface area contributed by atoms with Crippen LogP contribution in [0.4, 0.5) is 0 Å². The van der Waals surface area contributed by atoms with E-state index >= 15 is 0 Å². The molecule has 21 heavy (non-hydrogen) atoms. The first-order chi connectivity index (χ1) is 10.1. The van der Waals surface area contributed by atoms with Crippen molar-refractivity contribution < 1.29 is 14.3 Å². The monoisotopic (exact) mass is 346 g/mol. The quantitative estimate of drug-likeness (QED) is 0.595. The normalized spacial score (nSPS) is 10.6. The SMILES string of the molecule is COc1ccc(C(=O)/C=C\c2cccc(Br)c2)c(OC)c1. The minimum absolute atomic E-state index is 0.116. The molecule has 0 fully saturated rings. The van der Waals surface area contributed by atoms with Gasteiger partial charge in [-0.1, -0.05) is 34.1 Å². The Hall–Kier alpha value is -2.07.